The summed E-state index contributed by atoms with van der Waals surface area (Å²) >= 11 is 5.70. The van der Waals surface area contributed by atoms with E-state index in [4.69, 9.17) is 17.1 Å². The summed E-state index contributed by atoms with van der Waals surface area (Å²) in [6, 6.07) is 10.9. The molecule has 0 aliphatic rings. The number of hydrogen-bond acceptors (Lipinski definition) is 4. The topological polar surface area (TPSA) is 76.1 Å². The molecule has 5 nitrogen and oxygen atoms in total. The van der Waals surface area contributed by atoms with Crippen molar-refractivity contribution in [3.63, 3.8) is 0 Å². The Balaban J connectivity index is 2.61. The van der Waals surface area contributed by atoms with Crippen LogP contribution in [0.4, 0.5) is 5.69 Å². The first kappa shape index (κ1) is 10.4. The van der Waals surface area contributed by atoms with Crippen LogP contribution in [0.1, 0.15) is 0 Å². The Morgan fingerprint density at radius 1 is 1.19 bits per heavy atom. The van der Waals surface area contributed by atoms with Gasteiger partial charge in [-0.1, -0.05) is 41.9 Å². The average molecular weight is 233 g/mol. The molecule has 1 aromatic heterocycles. The molecule has 0 amide bonds. The fraction of sp³-hybridized carbons (Fsp3) is 0. The molecule has 0 atom stereocenters. The van der Waals surface area contributed by atoms with E-state index >= 15 is 0 Å². The minimum atomic E-state index is 0.224. The van der Waals surface area contributed by atoms with Crippen LogP contribution in [0, 0.1) is 5.53 Å². The number of benzene rings is 1. The molecule has 0 saturated heterocycles. The van der Waals surface area contributed by atoms with E-state index in [0.717, 1.165) is 5.56 Å². The van der Waals surface area contributed by atoms with Gasteiger partial charge in [0.25, 0.3) is 0 Å². The molecule has 1 aromatic carbocycles. The second kappa shape index (κ2) is 4.61. The van der Waals surface area contributed by atoms with Gasteiger partial charge >= 0.3 is 0 Å². The highest BCUT2D eigenvalue weighted by atomic mass is 35.5. The van der Waals surface area contributed by atoms with Crippen LogP contribution in [0.2, 0.25) is 5.15 Å². The molecular weight excluding hydrogens is 226 g/mol. The third-order valence-corrected chi connectivity index (χ3v) is 2.13. The monoisotopic (exact) mass is 232 g/mol. The van der Waals surface area contributed by atoms with E-state index in [1.165, 1.54) is 6.07 Å². The van der Waals surface area contributed by atoms with Gasteiger partial charge in [0, 0.05) is 11.6 Å². The van der Waals surface area contributed by atoms with Gasteiger partial charge in [-0.15, -0.1) is 10.2 Å². The first-order valence-corrected chi connectivity index (χ1v) is 4.85. The molecule has 2 aromatic rings. The second-order valence-corrected chi connectivity index (χ2v) is 3.35. The molecule has 0 spiro atoms. The van der Waals surface area contributed by atoms with Crippen LogP contribution >= 0.6 is 11.6 Å². The summed E-state index contributed by atoms with van der Waals surface area (Å²) in [4.78, 5) is 2.98. The molecule has 6 heteroatoms. The molecule has 0 aliphatic heterocycles. The molecule has 0 saturated carbocycles. The molecule has 2 rings (SSSR count). The van der Waals surface area contributed by atoms with Crippen molar-refractivity contribution in [3.05, 3.63) is 41.6 Å². The van der Waals surface area contributed by atoms with Crippen molar-refractivity contribution in [2.75, 3.05) is 0 Å². The summed E-state index contributed by atoms with van der Waals surface area (Å²) in [5, 5.41) is 11.6. The fourth-order valence-corrected chi connectivity index (χ4v) is 1.43. The zero-order valence-electron chi connectivity index (χ0n) is 8.13. The van der Waals surface area contributed by atoms with Crippen LogP contribution in [0.3, 0.4) is 0 Å². The third-order valence-electron chi connectivity index (χ3n) is 1.95. The van der Waals surface area contributed by atoms with Gasteiger partial charge in [-0.2, -0.15) is 0 Å². The summed E-state index contributed by atoms with van der Waals surface area (Å²) in [5.74, 6) is 0. The van der Waals surface area contributed by atoms with Gasteiger partial charge in [0.15, 0.2) is 16.0 Å². The number of nitrogens with one attached hydrogen (secondary N) is 1. The van der Waals surface area contributed by atoms with Crippen molar-refractivity contribution in [1.29, 1.82) is 5.53 Å². The molecule has 1 N–H and O–H groups in total. The Bertz CT molecular complexity index is 548. The highest BCUT2D eigenvalue weighted by Crippen LogP contribution is 2.28. The van der Waals surface area contributed by atoms with Gasteiger partial charge in [0.2, 0.25) is 4.91 Å². The van der Waals surface area contributed by atoms with Crippen molar-refractivity contribution in [1.82, 2.24) is 15.1 Å². The van der Waals surface area contributed by atoms with Gasteiger partial charge in [-0.25, -0.2) is 0 Å². The standard InChI is InChI=1S/C10H7ClN5/c11-9-6-8(13-16-12)10(15-14-9)7-4-2-1-3-5-7/h1-6,12H/q+1. The van der Waals surface area contributed by atoms with Crippen LogP contribution < -0.4 is 4.91 Å². The van der Waals surface area contributed by atoms with E-state index in [2.05, 4.69) is 20.2 Å². The Morgan fingerprint density at radius 3 is 2.62 bits per heavy atom. The Hall–Kier alpha value is -2.10. The predicted molar refractivity (Wildman–Crippen MR) is 59.4 cm³/mol. The van der Waals surface area contributed by atoms with E-state index in [1.54, 1.807) is 0 Å². The zero-order valence-corrected chi connectivity index (χ0v) is 8.89. The Labute approximate surface area is 96.3 Å². The van der Waals surface area contributed by atoms with E-state index in [0.29, 0.717) is 11.4 Å². The summed E-state index contributed by atoms with van der Waals surface area (Å²) in [5.41, 5.74) is 8.58. The van der Waals surface area contributed by atoms with Crippen LogP contribution in [-0.4, -0.2) is 10.2 Å². The minimum absolute atomic E-state index is 0.224. The molecule has 16 heavy (non-hydrogen) atoms. The van der Waals surface area contributed by atoms with Gasteiger partial charge in [-0.3, -0.25) is 0 Å². The zero-order chi connectivity index (χ0) is 11.4. The smallest absolute Gasteiger partial charge is 0.146 e. The van der Waals surface area contributed by atoms with Crippen molar-refractivity contribution in [2.24, 2.45) is 5.11 Å². The lowest BCUT2D eigenvalue weighted by Crippen LogP contribution is -1.88. The van der Waals surface area contributed by atoms with Crippen molar-refractivity contribution >= 4 is 17.3 Å². The average Bonchev–Trinajstić information content (AvgIpc) is 2.31. The quantitative estimate of drug-likeness (QED) is 0.638. The fourth-order valence-electron chi connectivity index (χ4n) is 1.29. The number of nitrogens with zero attached hydrogens (tertiary/aromatic N) is 4. The lowest BCUT2D eigenvalue weighted by molar-refractivity contribution is 0.970. The predicted octanol–water partition coefficient (Wildman–Crippen LogP) is 2.98. The summed E-state index contributed by atoms with van der Waals surface area (Å²) in [7, 11) is 0. The first-order chi connectivity index (χ1) is 7.81. The van der Waals surface area contributed by atoms with Gasteiger partial charge in [-0.05, 0) is 0 Å². The highest BCUT2D eigenvalue weighted by molar-refractivity contribution is 6.29. The maximum atomic E-state index is 6.74. The third kappa shape index (κ3) is 2.11. The van der Waals surface area contributed by atoms with E-state index in [-0.39, 0.29) is 5.15 Å². The molecular formula is C10H7ClN5+. The summed E-state index contributed by atoms with van der Waals surface area (Å²) in [6.45, 7) is 0. The van der Waals surface area contributed by atoms with Crippen LogP contribution in [0.5, 0.6) is 0 Å². The second-order valence-electron chi connectivity index (χ2n) is 2.97. The Kier molecular flexibility index (Phi) is 3.00. The van der Waals surface area contributed by atoms with Gasteiger partial charge in [0.1, 0.15) is 11.2 Å². The molecule has 0 bridgehead atoms. The Morgan fingerprint density at radius 2 is 1.94 bits per heavy atom. The number of halogens is 1. The normalized spacial score (nSPS) is 9.56. The van der Waals surface area contributed by atoms with Crippen LogP contribution in [0.25, 0.3) is 11.3 Å². The summed E-state index contributed by atoms with van der Waals surface area (Å²) < 4.78 is 0. The maximum Gasteiger partial charge on any atom is 0.220 e. The number of hydrogen-bond donors (Lipinski definition) is 1. The van der Waals surface area contributed by atoms with Crippen LogP contribution in [0.15, 0.2) is 41.5 Å². The van der Waals surface area contributed by atoms with E-state index in [9.17, 15) is 0 Å². The van der Waals surface area contributed by atoms with Crippen molar-refractivity contribution in [2.45, 2.75) is 0 Å². The van der Waals surface area contributed by atoms with Crippen LogP contribution in [-0.2, 0) is 0 Å². The van der Waals surface area contributed by atoms with Gasteiger partial charge < -0.3 is 0 Å². The highest BCUT2D eigenvalue weighted by Gasteiger charge is 2.11. The van der Waals surface area contributed by atoms with Crippen molar-refractivity contribution in [3.8, 4) is 11.3 Å². The lowest BCUT2D eigenvalue weighted by Gasteiger charge is -1.99. The summed E-state index contributed by atoms with van der Waals surface area (Å²) in [6.07, 6.45) is 0. The minimum Gasteiger partial charge on any atom is -0.146 e. The molecule has 0 aliphatic carbocycles. The van der Waals surface area contributed by atoms with E-state index in [1.807, 2.05) is 30.3 Å². The SMILES string of the molecule is N=[N+]=Nc1cc(Cl)nnc1-c1ccccc1. The largest absolute Gasteiger partial charge is 0.220 e. The van der Waals surface area contributed by atoms with Crippen molar-refractivity contribution < 1.29 is 0 Å². The van der Waals surface area contributed by atoms with Gasteiger partial charge in [0.05, 0.1) is 0 Å². The number of aromatic nitrogens is 2. The van der Waals surface area contributed by atoms with E-state index < -0.39 is 0 Å². The molecule has 0 radical (unpaired) electrons. The lowest BCUT2D eigenvalue weighted by atomic mass is 10.1. The first-order valence-electron chi connectivity index (χ1n) is 4.47. The molecule has 0 unspecified atom stereocenters. The molecule has 1 heterocycles. The molecule has 0 fully saturated rings. The maximum absolute atomic E-state index is 6.74. The molecule has 78 valence electrons. The number of rotatable bonds is 2.